The molecule has 1 aromatic heterocycles. The van der Waals surface area contributed by atoms with Crippen molar-refractivity contribution in [3.8, 4) is 17.2 Å². The van der Waals surface area contributed by atoms with E-state index in [9.17, 15) is 13.2 Å². The number of aromatic amines is 1. The van der Waals surface area contributed by atoms with Crippen molar-refractivity contribution in [1.82, 2.24) is 14.7 Å². The number of H-pyrrole nitrogens is 1. The van der Waals surface area contributed by atoms with Gasteiger partial charge in [0.1, 0.15) is 5.39 Å². The maximum absolute atomic E-state index is 12.9. The van der Waals surface area contributed by atoms with Crippen LogP contribution >= 0.6 is 0 Å². The molecule has 0 spiro atoms. The lowest BCUT2D eigenvalue weighted by molar-refractivity contribution is 0.327. The minimum Gasteiger partial charge on any atom is -0.493 e. The lowest BCUT2D eigenvalue weighted by atomic mass is 10.1. The summed E-state index contributed by atoms with van der Waals surface area (Å²) in [6.45, 7) is 2.30. The zero-order chi connectivity index (χ0) is 24.2. The van der Waals surface area contributed by atoms with Crippen molar-refractivity contribution in [2.24, 2.45) is 0 Å². The van der Waals surface area contributed by atoms with Gasteiger partial charge in [0.2, 0.25) is 21.7 Å². The SMILES string of the molecule is CCS(=O)(=O)NCc1ccc(CN(C)c2nc3cc(OC)c(OC)c(OC)c3c(=O)[nH]2)cc1. The maximum atomic E-state index is 12.9. The topological polar surface area (TPSA) is 123 Å². The summed E-state index contributed by atoms with van der Waals surface area (Å²) in [6, 6.07) is 9.17. The fraction of sp³-hybridized carbons (Fsp3) is 0.364. The number of hydrogen-bond acceptors (Lipinski definition) is 8. The quantitative estimate of drug-likeness (QED) is 0.456. The number of aromatic nitrogens is 2. The van der Waals surface area contributed by atoms with Gasteiger partial charge in [-0.15, -0.1) is 0 Å². The third-order valence-electron chi connectivity index (χ3n) is 5.17. The lowest BCUT2D eigenvalue weighted by Crippen LogP contribution is -2.25. The van der Waals surface area contributed by atoms with Crippen LogP contribution in [0.3, 0.4) is 0 Å². The summed E-state index contributed by atoms with van der Waals surface area (Å²) < 4.78 is 41.9. The van der Waals surface area contributed by atoms with E-state index in [2.05, 4.69) is 14.7 Å². The van der Waals surface area contributed by atoms with Gasteiger partial charge < -0.3 is 19.1 Å². The predicted molar refractivity (Wildman–Crippen MR) is 127 cm³/mol. The largest absolute Gasteiger partial charge is 0.493 e. The Hall–Kier alpha value is -3.31. The summed E-state index contributed by atoms with van der Waals surface area (Å²) in [5.74, 6) is 1.40. The van der Waals surface area contributed by atoms with Crippen LogP contribution in [0.1, 0.15) is 18.1 Å². The van der Waals surface area contributed by atoms with Crippen LogP contribution in [0.25, 0.3) is 10.9 Å². The highest BCUT2D eigenvalue weighted by Gasteiger charge is 2.20. The average molecular weight is 477 g/mol. The van der Waals surface area contributed by atoms with Crippen molar-refractivity contribution >= 4 is 26.9 Å². The molecule has 33 heavy (non-hydrogen) atoms. The van der Waals surface area contributed by atoms with Crippen LogP contribution in [-0.2, 0) is 23.1 Å². The van der Waals surface area contributed by atoms with E-state index in [-0.39, 0.29) is 29.0 Å². The third-order valence-corrected chi connectivity index (χ3v) is 6.51. The summed E-state index contributed by atoms with van der Waals surface area (Å²) >= 11 is 0. The van der Waals surface area contributed by atoms with Crippen LogP contribution in [0.15, 0.2) is 35.1 Å². The van der Waals surface area contributed by atoms with Gasteiger partial charge in [-0.3, -0.25) is 9.78 Å². The standard InChI is InChI=1S/C22H28N4O6S/c1-6-33(28,29)23-12-14-7-9-15(10-8-14)13-26(2)22-24-16-11-17(30-3)19(31-4)20(32-5)18(16)21(27)25-22/h7-11,23H,6,12-13H2,1-5H3,(H,24,25,27). The molecule has 1 heterocycles. The summed E-state index contributed by atoms with van der Waals surface area (Å²) in [4.78, 5) is 22.1. The number of anilines is 1. The second-order valence-electron chi connectivity index (χ2n) is 7.33. The molecule has 3 aromatic rings. The Morgan fingerprint density at radius 1 is 1.03 bits per heavy atom. The molecular weight excluding hydrogens is 448 g/mol. The predicted octanol–water partition coefficient (Wildman–Crippen LogP) is 2.02. The zero-order valence-electron chi connectivity index (χ0n) is 19.3. The number of benzene rings is 2. The van der Waals surface area contributed by atoms with E-state index in [1.54, 1.807) is 17.9 Å². The number of fused-ring (bicyclic) bond motifs is 1. The Labute approximate surface area is 192 Å². The average Bonchev–Trinajstić information content (AvgIpc) is 2.82. The van der Waals surface area contributed by atoms with Crippen molar-refractivity contribution < 1.29 is 22.6 Å². The minimum atomic E-state index is -3.25. The molecule has 0 unspecified atom stereocenters. The van der Waals surface area contributed by atoms with E-state index >= 15 is 0 Å². The molecule has 2 aromatic carbocycles. The lowest BCUT2D eigenvalue weighted by Gasteiger charge is -2.19. The van der Waals surface area contributed by atoms with Crippen LogP contribution in [0.4, 0.5) is 5.95 Å². The van der Waals surface area contributed by atoms with Gasteiger partial charge in [0.15, 0.2) is 11.5 Å². The molecule has 0 aliphatic carbocycles. The molecule has 2 N–H and O–H groups in total. The molecule has 0 aliphatic heterocycles. The normalized spacial score (nSPS) is 11.4. The second-order valence-corrected chi connectivity index (χ2v) is 9.42. The van der Waals surface area contributed by atoms with Crippen LogP contribution in [0.2, 0.25) is 0 Å². The molecule has 0 bridgehead atoms. The van der Waals surface area contributed by atoms with E-state index < -0.39 is 10.0 Å². The van der Waals surface area contributed by atoms with Crippen LogP contribution in [0.5, 0.6) is 17.2 Å². The molecule has 0 amide bonds. The number of rotatable bonds is 10. The first-order valence-corrected chi connectivity index (χ1v) is 11.9. The van der Waals surface area contributed by atoms with Gasteiger partial charge in [0.25, 0.3) is 5.56 Å². The molecule has 0 saturated carbocycles. The number of hydrogen-bond donors (Lipinski definition) is 2. The Bertz CT molecular complexity index is 1290. The fourth-order valence-corrected chi connectivity index (χ4v) is 3.94. The highest BCUT2D eigenvalue weighted by Crippen LogP contribution is 2.41. The Kier molecular flexibility index (Phi) is 7.44. The molecule has 10 nitrogen and oxygen atoms in total. The smallest absolute Gasteiger partial charge is 0.264 e. The van der Waals surface area contributed by atoms with Gasteiger partial charge in [-0.2, -0.15) is 0 Å². The Balaban J connectivity index is 1.85. The Morgan fingerprint density at radius 2 is 1.67 bits per heavy atom. The van der Waals surface area contributed by atoms with E-state index in [4.69, 9.17) is 14.2 Å². The third kappa shape index (κ3) is 5.37. The summed E-state index contributed by atoms with van der Waals surface area (Å²) in [7, 11) is 2.99. The van der Waals surface area contributed by atoms with Crippen LogP contribution in [0, 0.1) is 0 Å². The van der Waals surface area contributed by atoms with E-state index in [0.29, 0.717) is 29.5 Å². The van der Waals surface area contributed by atoms with Gasteiger partial charge in [-0.25, -0.2) is 18.1 Å². The van der Waals surface area contributed by atoms with Crippen LogP contribution in [-0.4, -0.2) is 52.5 Å². The first kappa shape index (κ1) is 24.3. The monoisotopic (exact) mass is 476 g/mol. The molecular formula is C22H28N4O6S. The number of nitrogens with one attached hydrogen (secondary N) is 2. The van der Waals surface area contributed by atoms with E-state index in [1.807, 2.05) is 31.3 Å². The summed E-state index contributed by atoms with van der Waals surface area (Å²) in [6.07, 6.45) is 0. The summed E-state index contributed by atoms with van der Waals surface area (Å²) in [5.41, 5.74) is 1.86. The summed E-state index contributed by atoms with van der Waals surface area (Å²) in [5, 5.41) is 0.270. The number of nitrogens with zero attached hydrogens (tertiary/aromatic N) is 2. The first-order valence-electron chi connectivity index (χ1n) is 10.2. The highest BCUT2D eigenvalue weighted by molar-refractivity contribution is 7.89. The maximum Gasteiger partial charge on any atom is 0.264 e. The van der Waals surface area contributed by atoms with E-state index in [1.165, 1.54) is 21.3 Å². The first-order chi connectivity index (χ1) is 15.7. The second kappa shape index (κ2) is 10.1. The van der Waals surface area contributed by atoms with E-state index in [0.717, 1.165) is 11.1 Å². The van der Waals surface area contributed by atoms with Crippen molar-refractivity contribution in [3.05, 3.63) is 51.8 Å². The number of ether oxygens (including phenoxy) is 3. The van der Waals surface area contributed by atoms with Crippen LogP contribution < -0.4 is 29.4 Å². The van der Waals surface area contributed by atoms with Crippen molar-refractivity contribution in [2.45, 2.75) is 20.0 Å². The number of methoxy groups -OCH3 is 3. The van der Waals surface area contributed by atoms with Gasteiger partial charge in [0.05, 0.1) is 32.6 Å². The minimum absolute atomic E-state index is 0.0391. The molecule has 0 radical (unpaired) electrons. The molecule has 11 heteroatoms. The highest BCUT2D eigenvalue weighted by atomic mass is 32.2. The van der Waals surface area contributed by atoms with Crippen molar-refractivity contribution in [2.75, 3.05) is 39.0 Å². The van der Waals surface area contributed by atoms with Crippen molar-refractivity contribution in [3.63, 3.8) is 0 Å². The molecule has 3 rings (SSSR count). The van der Waals surface area contributed by atoms with Gasteiger partial charge in [-0.1, -0.05) is 24.3 Å². The Morgan fingerprint density at radius 3 is 2.24 bits per heavy atom. The van der Waals surface area contributed by atoms with Gasteiger partial charge >= 0.3 is 0 Å². The van der Waals surface area contributed by atoms with Gasteiger partial charge in [-0.05, 0) is 18.1 Å². The molecule has 0 fully saturated rings. The molecule has 178 valence electrons. The fourth-order valence-electron chi connectivity index (χ4n) is 3.34. The molecule has 0 saturated heterocycles. The molecule has 0 atom stereocenters. The van der Waals surface area contributed by atoms with Gasteiger partial charge in [0, 0.05) is 26.2 Å². The zero-order valence-corrected chi connectivity index (χ0v) is 20.1. The van der Waals surface area contributed by atoms with Crippen molar-refractivity contribution in [1.29, 1.82) is 0 Å². The molecule has 0 aliphatic rings. The number of sulfonamides is 1.